The van der Waals surface area contributed by atoms with Crippen molar-refractivity contribution in [3.05, 3.63) is 0 Å². The number of piperidine rings is 1. The first-order valence-corrected chi connectivity index (χ1v) is 5.39. The van der Waals surface area contributed by atoms with Gasteiger partial charge in [0.25, 0.3) is 0 Å². The Balaban J connectivity index is 2.53. The van der Waals surface area contributed by atoms with E-state index in [1.807, 2.05) is 0 Å². The molecular formula is C11H17NO4. The van der Waals surface area contributed by atoms with Crippen LogP contribution in [0.25, 0.3) is 0 Å². The van der Waals surface area contributed by atoms with E-state index in [4.69, 9.17) is 0 Å². The number of hydrogen-bond donors (Lipinski definition) is 0. The van der Waals surface area contributed by atoms with Crippen LogP contribution >= 0.6 is 0 Å². The highest BCUT2D eigenvalue weighted by Gasteiger charge is 2.29. The van der Waals surface area contributed by atoms with Crippen LogP contribution in [0.4, 0.5) is 0 Å². The summed E-state index contributed by atoms with van der Waals surface area (Å²) >= 11 is 0. The largest absolute Gasteiger partial charge is 0.469 e. The van der Waals surface area contributed by atoms with E-state index >= 15 is 0 Å². The molecule has 16 heavy (non-hydrogen) atoms. The SMILES string of the molecule is COC(=O)C1CCCN(C(=O)CC(C)=O)C1. The van der Waals surface area contributed by atoms with E-state index in [1.54, 1.807) is 4.90 Å². The highest BCUT2D eigenvalue weighted by atomic mass is 16.5. The van der Waals surface area contributed by atoms with E-state index in [9.17, 15) is 14.4 Å². The fourth-order valence-corrected chi connectivity index (χ4v) is 1.89. The van der Waals surface area contributed by atoms with Crippen molar-refractivity contribution >= 4 is 17.7 Å². The maximum Gasteiger partial charge on any atom is 0.310 e. The molecule has 1 rings (SSSR count). The number of likely N-dealkylation sites (tertiary alicyclic amines) is 1. The number of nitrogens with zero attached hydrogens (tertiary/aromatic N) is 1. The Bertz CT molecular complexity index is 300. The summed E-state index contributed by atoms with van der Waals surface area (Å²) in [6.45, 7) is 2.39. The first-order valence-electron chi connectivity index (χ1n) is 5.39. The molecule has 0 spiro atoms. The molecule has 0 aromatic heterocycles. The lowest BCUT2D eigenvalue weighted by Gasteiger charge is -2.31. The first kappa shape index (κ1) is 12.7. The van der Waals surface area contributed by atoms with E-state index in [-0.39, 0.29) is 30.0 Å². The molecular weight excluding hydrogens is 210 g/mol. The lowest BCUT2D eigenvalue weighted by atomic mass is 9.98. The van der Waals surface area contributed by atoms with Gasteiger partial charge in [-0.15, -0.1) is 0 Å². The third-order valence-corrected chi connectivity index (χ3v) is 2.71. The molecule has 0 N–H and O–H groups in total. The van der Waals surface area contributed by atoms with Crippen LogP contribution in [-0.4, -0.2) is 42.8 Å². The summed E-state index contributed by atoms with van der Waals surface area (Å²) in [6.07, 6.45) is 1.45. The first-order chi connectivity index (χ1) is 7.54. The molecule has 1 aliphatic rings. The molecule has 0 aromatic carbocycles. The Morgan fingerprint density at radius 3 is 2.62 bits per heavy atom. The predicted molar refractivity (Wildman–Crippen MR) is 56.6 cm³/mol. The maximum atomic E-state index is 11.6. The molecule has 1 amide bonds. The lowest BCUT2D eigenvalue weighted by Crippen LogP contribution is -2.43. The van der Waals surface area contributed by atoms with Gasteiger partial charge in [-0.2, -0.15) is 0 Å². The number of ether oxygens (including phenoxy) is 1. The zero-order chi connectivity index (χ0) is 12.1. The number of amides is 1. The van der Waals surface area contributed by atoms with Crippen LogP contribution in [0.3, 0.4) is 0 Å². The molecule has 1 saturated heterocycles. The minimum absolute atomic E-state index is 0.0755. The summed E-state index contributed by atoms with van der Waals surface area (Å²) in [7, 11) is 1.35. The topological polar surface area (TPSA) is 63.7 Å². The second-order valence-corrected chi connectivity index (χ2v) is 4.08. The quantitative estimate of drug-likeness (QED) is 0.516. The van der Waals surface area contributed by atoms with E-state index in [0.29, 0.717) is 13.1 Å². The zero-order valence-electron chi connectivity index (χ0n) is 9.69. The molecule has 5 nitrogen and oxygen atoms in total. The molecule has 0 aromatic rings. The van der Waals surface area contributed by atoms with Crippen molar-refractivity contribution in [2.75, 3.05) is 20.2 Å². The van der Waals surface area contributed by atoms with Crippen molar-refractivity contribution in [2.24, 2.45) is 5.92 Å². The molecule has 1 aliphatic heterocycles. The van der Waals surface area contributed by atoms with Gasteiger partial charge < -0.3 is 9.64 Å². The minimum atomic E-state index is -0.277. The minimum Gasteiger partial charge on any atom is -0.469 e. The molecule has 1 unspecified atom stereocenters. The Hall–Kier alpha value is -1.39. The van der Waals surface area contributed by atoms with Crippen molar-refractivity contribution in [1.29, 1.82) is 0 Å². The van der Waals surface area contributed by atoms with Crippen molar-refractivity contribution in [2.45, 2.75) is 26.2 Å². The van der Waals surface area contributed by atoms with Gasteiger partial charge in [-0.05, 0) is 19.8 Å². The molecule has 1 atom stereocenters. The monoisotopic (exact) mass is 227 g/mol. The van der Waals surface area contributed by atoms with Crippen LogP contribution in [0.15, 0.2) is 0 Å². The van der Waals surface area contributed by atoms with Crippen LogP contribution in [-0.2, 0) is 19.1 Å². The highest BCUT2D eigenvalue weighted by Crippen LogP contribution is 2.18. The molecule has 90 valence electrons. The lowest BCUT2D eigenvalue weighted by molar-refractivity contribution is -0.149. The Morgan fingerprint density at radius 1 is 1.38 bits per heavy atom. The molecule has 0 bridgehead atoms. The van der Waals surface area contributed by atoms with Crippen molar-refractivity contribution in [1.82, 2.24) is 4.90 Å². The molecule has 1 fully saturated rings. The smallest absolute Gasteiger partial charge is 0.310 e. The number of Topliss-reactive ketones (excluding diaryl/α,β-unsaturated/α-hetero) is 1. The van der Waals surface area contributed by atoms with E-state index < -0.39 is 0 Å². The van der Waals surface area contributed by atoms with E-state index in [0.717, 1.165) is 12.8 Å². The maximum absolute atomic E-state index is 11.6. The fourth-order valence-electron chi connectivity index (χ4n) is 1.89. The summed E-state index contributed by atoms with van der Waals surface area (Å²) in [5.74, 6) is -0.860. The van der Waals surface area contributed by atoms with E-state index in [2.05, 4.69) is 4.74 Å². The van der Waals surface area contributed by atoms with Crippen LogP contribution < -0.4 is 0 Å². The summed E-state index contributed by atoms with van der Waals surface area (Å²) < 4.78 is 4.66. The second-order valence-electron chi connectivity index (χ2n) is 4.08. The Kier molecular flexibility index (Phi) is 4.46. The van der Waals surface area contributed by atoms with E-state index in [1.165, 1.54) is 14.0 Å². The number of carbonyl (C=O) groups excluding carboxylic acids is 3. The Morgan fingerprint density at radius 2 is 2.06 bits per heavy atom. The number of ketones is 1. The van der Waals surface area contributed by atoms with Crippen LogP contribution in [0.5, 0.6) is 0 Å². The number of carbonyl (C=O) groups is 3. The van der Waals surface area contributed by atoms with Gasteiger partial charge in [0.15, 0.2) is 0 Å². The second kappa shape index (κ2) is 5.63. The molecule has 5 heteroatoms. The standard InChI is InChI=1S/C11H17NO4/c1-8(13)6-10(14)12-5-3-4-9(7-12)11(15)16-2/h9H,3-7H2,1-2H3. The summed E-state index contributed by atoms with van der Waals surface area (Å²) in [5, 5.41) is 0. The van der Waals surface area contributed by atoms with Gasteiger partial charge in [0.05, 0.1) is 19.4 Å². The number of esters is 1. The van der Waals surface area contributed by atoms with Crippen LogP contribution in [0.2, 0.25) is 0 Å². The number of methoxy groups -OCH3 is 1. The molecule has 0 aliphatic carbocycles. The summed E-state index contributed by atoms with van der Waals surface area (Å²) in [5.41, 5.74) is 0. The average molecular weight is 227 g/mol. The predicted octanol–water partition coefficient (Wildman–Crippen LogP) is 0.377. The summed E-state index contributed by atoms with van der Waals surface area (Å²) in [4.78, 5) is 35.4. The Labute approximate surface area is 94.7 Å². The third kappa shape index (κ3) is 3.32. The van der Waals surface area contributed by atoms with Gasteiger partial charge in [0.2, 0.25) is 5.91 Å². The normalized spacial score (nSPS) is 20.4. The van der Waals surface area contributed by atoms with Gasteiger partial charge in [-0.25, -0.2) is 0 Å². The van der Waals surface area contributed by atoms with Gasteiger partial charge in [0.1, 0.15) is 5.78 Å². The highest BCUT2D eigenvalue weighted by molar-refractivity contribution is 5.97. The van der Waals surface area contributed by atoms with Crippen molar-refractivity contribution in [3.8, 4) is 0 Å². The van der Waals surface area contributed by atoms with Gasteiger partial charge in [0, 0.05) is 13.1 Å². The van der Waals surface area contributed by atoms with Gasteiger partial charge in [-0.1, -0.05) is 0 Å². The molecule has 0 radical (unpaired) electrons. The van der Waals surface area contributed by atoms with Crippen molar-refractivity contribution < 1.29 is 19.1 Å². The average Bonchev–Trinajstić information content (AvgIpc) is 2.27. The number of hydrogen-bond acceptors (Lipinski definition) is 4. The molecule has 1 heterocycles. The zero-order valence-corrected chi connectivity index (χ0v) is 9.69. The summed E-state index contributed by atoms with van der Waals surface area (Å²) in [6, 6.07) is 0. The number of rotatable bonds is 3. The van der Waals surface area contributed by atoms with Crippen LogP contribution in [0.1, 0.15) is 26.2 Å². The third-order valence-electron chi connectivity index (χ3n) is 2.71. The molecule has 0 saturated carbocycles. The van der Waals surface area contributed by atoms with Crippen LogP contribution in [0, 0.1) is 5.92 Å². The van der Waals surface area contributed by atoms with Gasteiger partial charge in [-0.3, -0.25) is 14.4 Å². The van der Waals surface area contributed by atoms with Crippen molar-refractivity contribution in [3.63, 3.8) is 0 Å². The van der Waals surface area contributed by atoms with Gasteiger partial charge >= 0.3 is 5.97 Å². The fraction of sp³-hybridized carbons (Fsp3) is 0.727.